The van der Waals surface area contributed by atoms with Crippen molar-refractivity contribution < 1.29 is 18.3 Å². The van der Waals surface area contributed by atoms with Gasteiger partial charge in [-0.3, -0.25) is 0 Å². The number of hydrogen-bond donors (Lipinski definition) is 1. The summed E-state index contributed by atoms with van der Waals surface area (Å²) in [5, 5.41) is 11.6. The van der Waals surface area contributed by atoms with Crippen molar-refractivity contribution >= 4 is 9.84 Å². The first-order valence-corrected chi connectivity index (χ1v) is 11.7. The second-order valence-corrected chi connectivity index (χ2v) is 9.77. The molecule has 0 aliphatic carbocycles. The maximum atomic E-state index is 13.5. The van der Waals surface area contributed by atoms with Crippen LogP contribution >= 0.6 is 0 Å². The molecule has 0 saturated carbocycles. The predicted octanol–water partition coefficient (Wildman–Crippen LogP) is 4.56. The average molecular weight is 403 g/mol. The number of sulfone groups is 1. The topological polar surface area (TPSA) is 63.6 Å². The molecule has 0 unspecified atom stereocenters. The van der Waals surface area contributed by atoms with E-state index < -0.39 is 27.3 Å². The molecule has 2 aromatic rings. The molecule has 0 saturated heterocycles. The monoisotopic (exact) mass is 402 g/mol. The Labute approximate surface area is 168 Å². The first-order valence-electron chi connectivity index (χ1n) is 10.0. The largest absolute Gasteiger partial charge is 0.497 e. The van der Waals surface area contributed by atoms with Gasteiger partial charge in [-0.2, -0.15) is 0 Å². The van der Waals surface area contributed by atoms with Gasteiger partial charge in [-0.25, -0.2) is 8.42 Å². The standard InChI is InChI=1S/C23H30O4S/c1-4-6-14-23(5-2)16-28(25,26)20-15-18(27-3)12-13-19(20)21(22(23)24)17-10-8-7-9-11-17/h7-13,15,21-22,24H,4-6,14,16H2,1-3H3/t21-,22-,23+/m1/s1. The van der Waals surface area contributed by atoms with E-state index in [1.54, 1.807) is 18.2 Å². The third-order valence-corrected chi connectivity index (χ3v) is 8.18. The molecule has 1 aliphatic heterocycles. The molecule has 3 atom stereocenters. The first-order chi connectivity index (χ1) is 13.4. The maximum Gasteiger partial charge on any atom is 0.179 e. The number of unbranched alkanes of at least 4 members (excludes halogenated alkanes) is 1. The normalized spacial score (nSPS) is 26.3. The lowest BCUT2D eigenvalue weighted by molar-refractivity contribution is 0.0174. The minimum Gasteiger partial charge on any atom is -0.497 e. The number of rotatable bonds is 6. The van der Waals surface area contributed by atoms with Crippen molar-refractivity contribution in [3.63, 3.8) is 0 Å². The quantitative estimate of drug-likeness (QED) is 0.769. The van der Waals surface area contributed by atoms with Gasteiger partial charge in [0.2, 0.25) is 0 Å². The number of ether oxygens (including phenoxy) is 1. The maximum absolute atomic E-state index is 13.5. The van der Waals surface area contributed by atoms with E-state index in [4.69, 9.17) is 4.74 Å². The molecule has 3 rings (SSSR count). The summed E-state index contributed by atoms with van der Waals surface area (Å²) >= 11 is 0. The SMILES string of the molecule is CCCC[C@@]1(CC)CS(=O)(=O)c2cc(OC)ccc2[C@@H](c2ccccc2)[C@H]1O. The van der Waals surface area contributed by atoms with Gasteiger partial charge in [-0.05, 0) is 36.1 Å². The molecule has 0 aromatic heterocycles. The smallest absolute Gasteiger partial charge is 0.179 e. The lowest BCUT2D eigenvalue weighted by Gasteiger charge is -2.39. The van der Waals surface area contributed by atoms with Gasteiger partial charge in [-0.15, -0.1) is 0 Å². The highest BCUT2D eigenvalue weighted by molar-refractivity contribution is 7.91. The third kappa shape index (κ3) is 3.70. The van der Waals surface area contributed by atoms with Gasteiger partial charge in [0.1, 0.15) is 5.75 Å². The molecule has 1 heterocycles. The van der Waals surface area contributed by atoms with E-state index in [1.807, 2.05) is 37.3 Å². The Morgan fingerprint density at radius 3 is 2.46 bits per heavy atom. The van der Waals surface area contributed by atoms with Gasteiger partial charge in [0.05, 0.1) is 23.9 Å². The fourth-order valence-corrected chi connectivity index (χ4v) is 6.77. The minimum absolute atomic E-state index is 0.0405. The van der Waals surface area contributed by atoms with E-state index in [0.29, 0.717) is 24.2 Å². The molecule has 0 radical (unpaired) electrons. The van der Waals surface area contributed by atoms with Crippen molar-refractivity contribution in [2.24, 2.45) is 5.41 Å². The molecule has 0 bridgehead atoms. The number of benzene rings is 2. The Hall–Kier alpha value is -1.85. The van der Waals surface area contributed by atoms with Gasteiger partial charge in [-0.1, -0.05) is 63.1 Å². The summed E-state index contributed by atoms with van der Waals surface area (Å²) in [6.07, 6.45) is 2.37. The van der Waals surface area contributed by atoms with Crippen LogP contribution in [-0.4, -0.2) is 32.5 Å². The molecule has 2 aromatic carbocycles. The third-order valence-electron chi connectivity index (χ3n) is 6.20. The van der Waals surface area contributed by atoms with E-state index in [2.05, 4.69) is 6.92 Å². The zero-order chi connectivity index (χ0) is 20.4. The lowest BCUT2D eigenvalue weighted by Crippen LogP contribution is -2.42. The molecule has 0 fully saturated rings. The molecular weight excluding hydrogens is 372 g/mol. The summed E-state index contributed by atoms with van der Waals surface area (Å²) in [4.78, 5) is 0.284. The minimum atomic E-state index is -3.58. The summed E-state index contributed by atoms with van der Waals surface area (Å²) < 4.78 is 32.2. The Bertz CT molecular complexity index is 907. The number of aliphatic hydroxyl groups is 1. The van der Waals surface area contributed by atoms with Crippen molar-refractivity contribution in [2.75, 3.05) is 12.9 Å². The van der Waals surface area contributed by atoms with Crippen LogP contribution in [0.1, 0.15) is 56.6 Å². The Morgan fingerprint density at radius 2 is 1.86 bits per heavy atom. The molecule has 5 heteroatoms. The molecule has 1 N–H and O–H groups in total. The number of hydrogen-bond acceptors (Lipinski definition) is 4. The highest BCUT2D eigenvalue weighted by Crippen LogP contribution is 2.49. The van der Waals surface area contributed by atoms with E-state index >= 15 is 0 Å². The van der Waals surface area contributed by atoms with E-state index in [9.17, 15) is 13.5 Å². The van der Waals surface area contributed by atoms with Crippen LogP contribution in [0, 0.1) is 5.41 Å². The molecule has 152 valence electrons. The van der Waals surface area contributed by atoms with Crippen LogP contribution in [0.4, 0.5) is 0 Å². The molecule has 4 nitrogen and oxygen atoms in total. The zero-order valence-corrected chi connectivity index (χ0v) is 17.7. The van der Waals surface area contributed by atoms with Crippen molar-refractivity contribution in [3.8, 4) is 5.75 Å². The van der Waals surface area contributed by atoms with Gasteiger partial charge in [0.25, 0.3) is 0 Å². The lowest BCUT2D eigenvalue weighted by atomic mass is 9.69. The zero-order valence-electron chi connectivity index (χ0n) is 16.9. The van der Waals surface area contributed by atoms with Crippen LogP contribution in [0.15, 0.2) is 53.4 Å². The molecule has 28 heavy (non-hydrogen) atoms. The van der Waals surface area contributed by atoms with E-state index in [1.165, 1.54) is 7.11 Å². The molecular formula is C23H30O4S. The van der Waals surface area contributed by atoms with Crippen LogP contribution in [0.25, 0.3) is 0 Å². The highest BCUT2D eigenvalue weighted by Gasteiger charge is 2.48. The van der Waals surface area contributed by atoms with Crippen LogP contribution in [0.2, 0.25) is 0 Å². The van der Waals surface area contributed by atoms with Gasteiger partial charge in [0, 0.05) is 11.3 Å². The molecule has 1 aliphatic rings. The molecule has 0 amide bonds. The van der Waals surface area contributed by atoms with Gasteiger partial charge < -0.3 is 9.84 Å². The van der Waals surface area contributed by atoms with Crippen LogP contribution < -0.4 is 4.74 Å². The second kappa shape index (κ2) is 8.26. The van der Waals surface area contributed by atoms with E-state index in [-0.39, 0.29) is 10.6 Å². The average Bonchev–Trinajstić information content (AvgIpc) is 2.78. The summed E-state index contributed by atoms with van der Waals surface area (Å²) in [5.74, 6) is 0.0821. The number of fused-ring (bicyclic) bond motifs is 1. The Balaban J connectivity index is 2.28. The predicted molar refractivity (Wildman–Crippen MR) is 112 cm³/mol. The van der Waals surface area contributed by atoms with Crippen LogP contribution in [0.5, 0.6) is 5.75 Å². The fourth-order valence-electron chi connectivity index (χ4n) is 4.49. The van der Waals surface area contributed by atoms with Gasteiger partial charge >= 0.3 is 0 Å². The van der Waals surface area contributed by atoms with Crippen molar-refractivity contribution in [3.05, 3.63) is 59.7 Å². The summed E-state index contributed by atoms with van der Waals surface area (Å²) in [6.45, 7) is 4.09. The Morgan fingerprint density at radius 1 is 1.14 bits per heavy atom. The first kappa shape index (κ1) is 20.9. The Kier molecular flexibility index (Phi) is 6.15. The second-order valence-electron chi connectivity index (χ2n) is 7.82. The van der Waals surface area contributed by atoms with Gasteiger partial charge in [0.15, 0.2) is 9.84 Å². The summed E-state index contributed by atoms with van der Waals surface area (Å²) in [5.41, 5.74) is 0.917. The number of aliphatic hydroxyl groups excluding tert-OH is 1. The fraction of sp³-hybridized carbons (Fsp3) is 0.478. The molecule has 0 spiro atoms. The summed E-state index contributed by atoms with van der Waals surface area (Å²) in [7, 11) is -2.04. The van der Waals surface area contributed by atoms with Crippen LogP contribution in [-0.2, 0) is 9.84 Å². The summed E-state index contributed by atoms with van der Waals surface area (Å²) in [6, 6.07) is 14.9. The highest BCUT2D eigenvalue weighted by atomic mass is 32.2. The van der Waals surface area contributed by atoms with E-state index in [0.717, 1.165) is 18.4 Å². The van der Waals surface area contributed by atoms with Crippen molar-refractivity contribution in [1.82, 2.24) is 0 Å². The van der Waals surface area contributed by atoms with Crippen molar-refractivity contribution in [1.29, 1.82) is 0 Å². The van der Waals surface area contributed by atoms with Crippen LogP contribution in [0.3, 0.4) is 0 Å². The van der Waals surface area contributed by atoms with Crippen molar-refractivity contribution in [2.45, 2.75) is 56.4 Å². The number of methoxy groups -OCH3 is 1.